The number of aromatic nitrogens is 2. The lowest BCUT2D eigenvalue weighted by atomic mass is 10.0. The zero-order valence-electron chi connectivity index (χ0n) is 9.11. The summed E-state index contributed by atoms with van der Waals surface area (Å²) in [6, 6.07) is 8.46. The van der Waals surface area contributed by atoms with Crippen molar-refractivity contribution in [1.29, 1.82) is 0 Å². The highest BCUT2D eigenvalue weighted by Crippen LogP contribution is 2.24. The van der Waals surface area contributed by atoms with Gasteiger partial charge >= 0.3 is 0 Å². The largest absolute Gasteiger partial charge is 0.328 e. The molecule has 15 heavy (non-hydrogen) atoms. The Morgan fingerprint density at radius 1 is 1.27 bits per heavy atom. The summed E-state index contributed by atoms with van der Waals surface area (Å²) < 4.78 is 2.40. The fourth-order valence-corrected chi connectivity index (χ4v) is 2.44. The second-order valence-electron chi connectivity index (χ2n) is 4.60. The van der Waals surface area contributed by atoms with Gasteiger partial charge in [-0.2, -0.15) is 0 Å². The molecule has 0 saturated carbocycles. The van der Waals surface area contributed by atoms with Crippen LogP contribution in [0.1, 0.15) is 25.6 Å². The summed E-state index contributed by atoms with van der Waals surface area (Å²) in [4.78, 5) is 4.71. The van der Waals surface area contributed by atoms with Crippen molar-refractivity contribution in [2.75, 3.05) is 0 Å². The van der Waals surface area contributed by atoms with Crippen molar-refractivity contribution in [2.24, 2.45) is 5.92 Å². The molecule has 0 radical (unpaired) electrons. The number of benzene rings is 1. The van der Waals surface area contributed by atoms with Crippen LogP contribution in [0.25, 0.3) is 11.0 Å². The number of imidazole rings is 1. The van der Waals surface area contributed by atoms with E-state index in [0.717, 1.165) is 24.4 Å². The molecule has 78 valence electrons. The Hall–Kier alpha value is -1.31. The van der Waals surface area contributed by atoms with Gasteiger partial charge in [0, 0.05) is 13.0 Å². The Bertz CT molecular complexity index is 484. The van der Waals surface area contributed by atoms with E-state index in [0.29, 0.717) is 0 Å². The molecule has 2 nitrogen and oxygen atoms in total. The molecule has 0 aliphatic carbocycles. The molecule has 0 amide bonds. The van der Waals surface area contributed by atoms with E-state index in [1.54, 1.807) is 0 Å². The molecule has 1 aromatic carbocycles. The van der Waals surface area contributed by atoms with Crippen LogP contribution >= 0.6 is 0 Å². The van der Waals surface area contributed by atoms with Crippen molar-refractivity contribution in [3.05, 3.63) is 30.1 Å². The minimum Gasteiger partial charge on any atom is -0.328 e. The summed E-state index contributed by atoms with van der Waals surface area (Å²) in [7, 11) is 0. The molecule has 0 spiro atoms. The highest BCUT2D eigenvalue weighted by atomic mass is 15.1. The molecule has 1 aliphatic rings. The van der Waals surface area contributed by atoms with Gasteiger partial charge in [0.25, 0.3) is 0 Å². The monoisotopic (exact) mass is 200 g/mol. The summed E-state index contributed by atoms with van der Waals surface area (Å²) in [6.07, 6.45) is 3.70. The van der Waals surface area contributed by atoms with Crippen LogP contribution in [0.5, 0.6) is 0 Å². The lowest BCUT2D eigenvalue weighted by Crippen LogP contribution is -2.00. The summed E-state index contributed by atoms with van der Waals surface area (Å²) in [5.41, 5.74) is 2.46. The maximum absolute atomic E-state index is 4.71. The van der Waals surface area contributed by atoms with Gasteiger partial charge < -0.3 is 4.57 Å². The fraction of sp³-hybridized carbons (Fsp3) is 0.462. The molecule has 1 atom stereocenters. The van der Waals surface area contributed by atoms with Crippen LogP contribution < -0.4 is 0 Å². The van der Waals surface area contributed by atoms with E-state index in [2.05, 4.69) is 35.8 Å². The van der Waals surface area contributed by atoms with E-state index in [-0.39, 0.29) is 0 Å². The number of hydrogen-bond donors (Lipinski definition) is 0. The average molecular weight is 200 g/mol. The first kappa shape index (κ1) is 8.96. The van der Waals surface area contributed by atoms with Gasteiger partial charge in [-0.15, -0.1) is 0 Å². The molecule has 0 bridgehead atoms. The maximum Gasteiger partial charge on any atom is 0.109 e. The van der Waals surface area contributed by atoms with Crippen LogP contribution in [0, 0.1) is 5.92 Å². The Morgan fingerprint density at radius 3 is 3.07 bits per heavy atom. The van der Waals surface area contributed by atoms with E-state index in [9.17, 15) is 0 Å². The second-order valence-corrected chi connectivity index (χ2v) is 4.60. The number of fused-ring (bicyclic) bond motifs is 3. The molecule has 0 unspecified atom stereocenters. The van der Waals surface area contributed by atoms with Gasteiger partial charge in [-0.3, -0.25) is 0 Å². The normalized spacial score (nSPS) is 21.3. The Labute approximate surface area is 89.9 Å². The fourth-order valence-electron chi connectivity index (χ4n) is 2.44. The number of rotatable bonds is 0. The van der Waals surface area contributed by atoms with Gasteiger partial charge in [-0.1, -0.05) is 19.1 Å². The topological polar surface area (TPSA) is 17.8 Å². The minimum absolute atomic E-state index is 0.838. The Morgan fingerprint density at radius 2 is 2.13 bits per heavy atom. The molecule has 3 rings (SSSR count). The molecule has 2 heteroatoms. The van der Waals surface area contributed by atoms with E-state index >= 15 is 0 Å². The summed E-state index contributed by atoms with van der Waals surface area (Å²) >= 11 is 0. The quantitative estimate of drug-likeness (QED) is 0.639. The van der Waals surface area contributed by atoms with E-state index in [1.165, 1.54) is 24.2 Å². The average Bonchev–Trinajstić information content (AvgIpc) is 2.51. The SMILES string of the molecule is C[C@@H]1CCc2nc3ccccc3n2CC1. The minimum atomic E-state index is 0.838. The highest BCUT2D eigenvalue weighted by Gasteiger charge is 2.15. The third-order valence-corrected chi connectivity index (χ3v) is 3.44. The smallest absolute Gasteiger partial charge is 0.109 e. The van der Waals surface area contributed by atoms with Crippen molar-refractivity contribution in [2.45, 2.75) is 32.7 Å². The van der Waals surface area contributed by atoms with E-state index in [4.69, 9.17) is 4.98 Å². The van der Waals surface area contributed by atoms with Crippen molar-refractivity contribution in [3.8, 4) is 0 Å². The lowest BCUT2D eigenvalue weighted by Gasteiger charge is -2.05. The van der Waals surface area contributed by atoms with E-state index in [1.807, 2.05) is 0 Å². The predicted octanol–water partition coefficient (Wildman–Crippen LogP) is 3.01. The number of para-hydroxylation sites is 2. The lowest BCUT2D eigenvalue weighted by molar-refractivity contribution is 0.489. The third kappa shape index (κ3) is 1.44. The van der Waals surface area contributed by atoms with Gasteiger partial charge in [0.05, 0.1) is 11.0 Å². The first-order chi connectivity index (χ1) is 7.34. The van der Waals surface area contributed by atoms with Gasteiger partial charge in [-0.25, -0.2) is 4.98 Å². The predicted molar refractivity (Wildman–Crippen MR) is 61.8 cm³/mol. The van der Waals surface area contributed by atoms with Crippen LogP contribution in [-0.4, -0.2) is 9.55 Å². The molecule has 1 aliphatic heterocycles. The molecule has 0 fully saturated rings. The van der Waals surface area contributed by atoms with Crippen molar-refractivity contribution >= 4 is 11.0 Å². The molecule has 2 aromatic rings. The number of hydrogen-bond acceptors (Lipinski definition) is 1. The van der Waals surface area contributed by atoms with Crippen LogP contribution in [-0.2, 0) is 13.0 Å². The first-order valence-corrected chi connectivity index (χ1v) is 5.79. The van der Waals surface area contributed by atoms with E-state index < -0.39 is 0 Å². The van der Waals surface area contributed by atoms with Gasteiger partial charge in [0.1, 0.15) is 5.82 Å². The van der Waals surface area contributed by atoms with Crippen LogP contribution in [0.3, 0.4) is 0 Å². The highest BCUT2D eigenvalue weighted by molar-refractivity contribution is 5.75. The molecule has 2 heterocycles. The van der Waals surface area contributed by atoms with Gasteiger partial charge in [0.15, 0.2) is 0 Å². The van der Waals surface area contributed by atoms with Gasteiger partial charge in [-0.05, 0) is 30.9 Å². The summed E-state index contributed by atoms with van der Waals surface area (Å²) in [6.45, 7) is 3.48. The third-order valence-electron chi connectivity index (χ3n) is 3.44. The molecule has 0 saturated heterocycles. The van der Waals surface area contributed by atoms with Gasteiger partial charge in [0.2, 0.25) is 0 Å². The molecule has 1 aromatic heterocycles. The zero-order valence-corrected chi connectivity index (χ0v) is 9.11. The van der Waals surface area contributed by atoms with Crippen LogP contribution in [0.15, 0.2) is 24.3 Å². The Balaban J connectivity index is 2.15. The Kier molecular flexibility index (Phi) is 2.01. The second kappa shape index (κ2) is 3.37. The molecule has 0 N–H and O–H groups in total. The van der Waals surface area contributed by atoms with Crippen molar-refractivity contribution < 1.29 is 0 Å². The maximum atomic E-state index is 4.71. The summed E-state index contributed by atoms with van der Waals surface area (Å²) in [5, 5.41) is 0. The van der Waals surface area contributed by atoms with Crippen LogP contribution in [0.2, 0.25) is 0 Å². The molecular weight excluding hydrogens is 184 g/mol. The molecular formula is C13H16N2. The number of nitrogens with zero attached hydrogens (tertiary/aromatic N) is 2. The summed E-state index contributed by atoms with van der Waals surface area (Å²) in [5.74, 6) is 2.12. The standard InChI is InChI=1S/C13H16N2/c1-10-6-7-13-14-11-4-2-3-5-12(11)15(13)9-8-10/h2-5,10H,6-9H2,1H3/t10-/m1/s1. The van der Waals surface area contributed by atoms with Crippen molar-refractivity contribution in [3.63, 3.8) is 0 Å². The first-order valence-electron chi connectivity index (χ1n) is 5.79. The van der Waals surface area contributed by atoms with Crippen LogP contribution in [0.4, 0.5) is 0 Å². The van der Waals surface area contributed by atoms with Crippen molar-refractivity contribution in [1.82, 2.24) is 9.55 Å². The number of aryl methyl sites for hydroxylation is 2. The zero-order chi connectivity index (χ0) is 10.3.